The van der Waals surface area contributed by atoms with E-state index >= 15 is 0 Å². The molecule has 0 saturated carbocycles. The van der Waals surface area contributed by atoms with Gasteiger partial charge in [-0.15, -0.1) is 0 Å². The van der Waals surface area contributed by atoms with Crippen molar-refractivity contribution in [2.45, 2.75) is 24.3 Å². The van der Waals surface area contributed by atoms with Crippen molar-refractivity contribution in [2.24, 2.45) is 0 Å². The van der Waals surface area contributed by atoms with Crippen molar-refractivity contribution in [3.8, 4) is 0 Å². The third kappa shape index (κ3) is 3.22. The average Bonchev–Trinajstić information content (AvgIpc) is 3.18. The molecular weight excluding hydrogens is 387 g/mol. The molecule has 2 heterocycles. The van der Waals surface area contributed by atoms with Gasteiger partial charge in [0, 0.05) is 17.8 Å². The van der Waals surface area contributed by atoms with Gasteiger partial charge >= 0.3 is 0 Å². The Morgan fingerprint density at radius 2 is 2.04 bits per heavy atom. The first kappa shape index (κ1) is 18.1. The number of aromatic nitrogens is 3. The second-order valence-corrected chi connectivity index (χ2v) is 8.68. The number of sulfonamides is 1. The van der Waals surface area contributed by atoms with Gasteiger partial charge in [0.25, 0.3) is 10.0 Å². The van der Waals surface area contributed by atoms with Gasteiger partial charge in [-0.2, -0.15) is 5.10 Å². The lowest BCUT2D eigenvalue weighted by molar-refractivity contribution is 0.152. The van der Waals surface area contributed by atoms with Crippen molar-refractivity contribution in [1.29, 1.82) is 0 Å². The van der Waals surface area contributed by atoms with E-state index in [9.17, 15) is 13.5 Å². The molecule has 0 spiro atoms. The third-order valence-corrected chi connectivity index (χ3v) is 5.79. The number of nitrogens with zero attached hydrogens (tertiary/aromatic N) is 2. The molecule has 3 rings (SSSR count). The summed E-state index contributed by atoms with van der Waals surface area (Å²) in [5.41, 5.74) is 0.0958. The number of hydrogen-bond donors (Lipinski definition) is 3. The van der Waals surface area contributed by atoms with Crippen LogP contribution in [-0.2, 0) is 15.6 Å². The van der Waals surface area contributed by atoms with Crippen molar-refractivity contribution in [3.05, 3.63) is 40.8 Å². The number of rotatable bonds is 5. The minimum atomic E-state index is -3.88. The number of nitrogens with one attached hydrogen (secondary N) is 2. The lowest BCUT2D eigenvalue weighted by Gasteiger charge is -2.21. The summed E-state index contributed by atoms with van der Waals surface area (Å²) in [6, 6.07) is 3.12. The fourth-order valence-corrected chi connectivity index (χ4v) is 3.87. The van der Waals surface area contributed by atoms with Crippen LogP contribution in [0.15, 0.2) is 35.6 Å². The van der Waals surface area contributed by atoms with E-state index in [4.69, 9.17) is 23.2 Å². The third-order valence-electron chi connectivity index (χ3n) is 3.86. The number of aliphatic hydroxyl groups is 1. The fourth-order valence-electron chi connectivity index (χ4n) is 2.31. The first-order valence-electron chi connectivity index (χ1n) is 7.29. The predicted octanol–water partition coefficient (Wildman–Crippen LogP) is 3.20. The number of H-pyrrole nitrogens is 1. The molecule has 0 saturated heterocycles. The second-order valence-electron chi connectivity index (χ2n) is 6.18. The van der Waals surface area contributed by atoms with Crippen LogP contribution in [0.2, 0.25) is 10.0 Å². The van der Waals surface area contributed by atoms with Gasteiger partial charge in [0.15, 0.2) is 0 Å². The molecule has 0 fully saturated rings. The molecule has 1 aromatic carbocycles. The van der Waals surface area contributed by atoms with Gasteiger partial charge in [0.1, 0.15) is 4.90 Å². The first-order valence-corrected chi connectivity index (χ1v) is 9.53. The highest BCUT2D eigenvalue weighted by Crippen LogP contribution is 2.35. The smallest absolute Gasteiger partial charge is 0.265 e. The molecule has 25 heavy (non-hydrogen) atoms. The van der Waals surface area contributed by atoms with Crippen LogP contribution in [0.4, 0.5) is 5.69 Å². The Balaban J connectivity index is 1.99. The molecule has 0 radical (unpaired) electrons. The SMILES string of the molecule is CC(C)(CO)n1cc(S(=O)(=O)Nc2ccc(Cl)c3c(Cl)c[nH]c23)cn1. The number of hydrogen-bond acceptors (Lipinski definition) is 4. The maximum absolute atomic E-state index is 12.7. The first-order chi connectivity index (χ1) is 11.7. The number of benzene rings is 1. The minimum Gasteiger partial charge on any atom is -0.394 e. The van der Waals surface area contributed by atoms with Gasteiger partial charge in [-0.25, -0.2) is 8.42 Å². The number of fused-ring (bicyclic) bond motifs is 1. The molecule has 134 valence electrons. The zero-order chi connectivity index (χ0) is 18.4. The molecule has 0 bridgehead atoms. The van der Waals surface area contributed by atoms with Gasteiger partial charge in [-0.05, 0) is 26.0 Å². The molecule has 0 amide bonds. The summed E-state index contributed by atoms with van der Waals surface area (Å²) in [5.74, 6) is 0. The summed E-state index contributed by atoms with van der Waals surface area (Å²) in [7, 11) is -3.88. The van der Waals surface area contributed by atoms with E-state index in [1.54, 1.807) is 26.0 Å². The molecule has 2 aromatic heterocycles. The summed E-state index contributed by atoms with van der Waals surface area (Å²) in [5, 5.41) is 14.8. The molecule has 0 atom stereocenters. The minimum absolute atomic E-state index is 0.0187. The monoisotopic (exact) mass is 402 g/mol. The van der Waals surface area contributed by atoms with Crippen LogP contribution in [-0.4, -0.2) is 34.9 Å². The Hall–Kier alpha value is -1.74. The van der Waals surface area contributed by atoms with Crippen molar-refractivity contribution >= 4 is 49.8 Å². The molecule has 10 heteroatoms. The zero-order valence-corrected chi connectivity index (χ0v) is 15.7. The Bertz CT molecular complexity index is 1040. The van der Waals surface area contributed by atoms with Crippen LogP contribution < -0.4 is 4.72 Å². The van der Waals surface area contributed by atoms with Crippen LogP contribution in [0.1, 0.15) is 13.8 Å². The molecule has 0 aliphatic rings. The highest BCUT2D eigenvalue weighted by Gasteiger charge is 2.24. The molecule has 7 nitrogen and oxygen atoms in total. The van der Waals surface area contributed by atoms with E-state index in [1.807, 2.05) is 0 Å². The van der Waals surface area contributed by atoms with Gasteiger partial charge in [-0.3, -0.25) is 9.40 Å². The lowest BCUT2D eigenvalue weighted by atomic mass is 10.1. The van der Waals surface area contributed by atoms with E-state index in [1.165, 1.54) is 23.3 Å². The average molecular weight is 403 g/mol. The number of halogens is 2. The fraction of sp³-hybridized carbons (Fsp3) is 0.267. The number of aromatic amines is 1. The van der Waals surface area contributed by atoms with Crippen LogP contribution >= 0.6 is 23.2 Å². The quantitative estimate of drug-likeness (QED) is 0.609. The van der Waals surface area contributed by atoms with Gasteiger partial charge in [0.2, 0.25) is 0 Å². The Morgan fingerprint density at radius 3 is 2.72 bits per heavy atom. The molecule has 3 N–H and O–H groups in total. The zero-order valence-electron chi connectivity index (χ0n) is 13.4. The van der Waals surface area contributed by atoms with E-state index in [-0.39, 0.29) is 11.5 Å². The summed E-state index contributed by atoms with van der Waals surface area (Å²) in [4.78, 5) is 2.89. The molecule has 0 aliphatic heterocycles. The maximum Gasteiger partial charge on any atom is 0.265 e. The molecule has 0 unspecified atom stereocenters. The van der Waals surface area contributed by atoms with Crippen molar-refractivity contribution < 1.29 is 13.5 Å². The molecule has 0 aliphatic carbocycles. The summed E-state index contributed by atoms with van der Waals surface area (Å²) >= 11 is 12.2. The standard InChI is InChI=1S/C15H16Cl2N4O3S/c1-15(2,8-22)21-7-9(5-19-21)25(23,24)20-12-4-3-10(16)13-11(17)6-18-14(12)13/h3-7,18,20,22H,8H2,1-2H3. The lowest BCUT2D eigenvalue weighted by Crippen LogP contribution is -2.30. The summed E-state index contributed by atoms with van der Waals surface area (Å²) in [6.07, 6.45) is 4.14. The highest BCUT2D eigenvalue weighted by molar-refractivity contribution is 7.92. The second kappa shape index (κ2) is 6.21. The van der Waals surface area contributed by atoms with Crippen LogP contribution in [0.5, 0.6) is 0 Å². The highest BCUT2D eigenvalue weighted by atomic mass is 35.5. The van der Waals surface area contributed by atoms with Crippen LogP contribution in [0.3, 0.4) is 0 Å². The topological polar surface area (TPSA) is 100 Å². The Labute approximate surface area is 154 Å². The Morgan fingerprint density at radius 1 is 1.32 bits per heavy atom. The van der Waals surface area contributed by atoms with Crippen LogP contribution in [0, 0.1) is 0 Å². The van der Waals surface area contributed by atoms with E-state index < -0.39 is 15.6 Å². The van der Waals surface area contributed by atoms with Crippen molar-refractivity contribution in [1.82, 2.24) is 14.8 Å². The maximum atomic E-state index is 12.7. The van der Waals surface area contributed by atoms with E-state index in [2.05, 4.69) is 14.8 Å². The van der Waals surface area contributed by atoms with Gasteiger partial charge in [-0.1, -0.05) is 23.2 Å². The van der Waals surface area contributed by atoms with Crippen LogP contribution in [0.25, 0.3) is 10.9 Å². The predicted molar refractivity (Wildman–Crippen MR) is 97.8 cm³/mol. The van der Waals surface area contributed by atoms with E-state index in [0.29, 0.717) is 26.6 Å². The molecule has 3 aromatic rings. The summed E-state index contributed by atoms with van der Waals surface area (Å²) in [6.45, 7) is 3.31. The van der Waals surface area contributed by atoms with Gasteiger partial charge in [0.05, 0.1) is 39.6 Å². The van der Waals surface area contributed by atoms with Crippen molar-refractivity contribution in [3.63, 3.8) is 0 Å². The number of anilines is 1. The normalized spacial score (nSPS) is 12.7. The Kier molecular flexibility index (Phi) is 4.48. The largest absolute Gasteiger partial charge is 0.394 e. The van der Waals surface area contributed by atoms with E-state index in [0.717, 1.165) is 0 Å². The van der Waals surface area contributed by atoms with Crippen molar-refractivity contribution in [2.75, 3.05) is 11.3 Å². The number of aliphatic hydroxyl groups excluding tert-OH is 1. The summed E-state index contributed by atoms with van der Waals surface area (Å²) < 4.78 is 29.2. The molecular formula is C15H16Cl2N4O3S. The van der Waals surface area contributed by atoms with Gasteiger partial charge < -0.3 is 10.1 Å².